The first-order valence-electron chi connectivity index (χ1n) is 2.91. The first-order valence-corrected chi connectivity index (χ1v) is 4.20. The summed E-state index contributed by atoms with van der Waals surface area (Å²) < 4.78 is 0. The smallest absolute Gasteiger partial charge is 0.0145 e. The molecule has 0 aromatic carbocycles. The van der Waals surface area contributed by atoms with E-state index >= 15 is 0 Å². The van der Waals surface area contributed by atoms with Gasteiger partial charge >= 0.3 is 0 Å². The second kappa shape index (κ2) is 7.79. The minimum Gasteiger partial charge on any atom is -0.310 e. The van der Waals surface area contributed by atoms with Gasteiger partial charge in [0, 0.05) is 13.1 Å². The summed E-state index contributed by atoms with van der Waals surface area (Å²) in [5, 5.41) is 5.22. The van der Waals surface area contributed by atoms with Crippen molar-refractivity contribution in [2.45, 2.75) is 0 Å². The summed E-state index contributed by atoms with van der Waals surface area (Å²) in [5.74, 6) is 0. The molecule has 1 nitrogen and oxygen atoms in total. The van der Waals surface area contributed by atoms with E-state index in [1.165, 1.54) is 0 Å². The summed E-state index contributed by atoms with van der Waals surface area (Å²) >= 11 is 1.71. The van der Waals surface area contributed by atoms with E-state index in [-0.39, 0.29) is 0 Å². The van der Waals surface area contributed by atoms with Crippen LogP contribution in [0, 0.1) is 0 Å². The van der Waals surface area contributed by atoms with Gasteiger partial charge in [-0.25, -0.2) is 0 Å². The Morgan fingerprint density at radius 3 is 2.89 bits per heavy atom. The van der Waals surface area contributed by atoms with Crippen LogP contribution in [0.3, 0.4) is 0 Å². The normalized spacial score (nSPS) is 10.3. The largest absolute Gasteiger partial charge is 0.310 e. The summed E-state index contributed by atoms with van der Waals surface area (Å²) in [6, 6.07) is 0. The molecule has 0 amide bonds. The van der Waals surface area contributed by atoms with Crippen LogP contribution >= 0.6 is 11.8 Å². The fourth-order valence-corrected chi connectivity index (χ4v) is 0.702. The van der Waals surface area contributed by atoms with Crippen molar-refractivity contribution in [1.29, 1.82) is 0 Å². The predicted molar refractivity (Wildman–Crippen MR) is 45.7 cm³/mol. The maximum atomic E-state index is 3.59. The highest BCUT2D eigenvalue weighted by molar-refractivity contribution is 8.01. The highest BCUT2D eigenvalue weighted by atomic mass is 32.2. The van der Waals surface area contributed by atoms with Crippen molar-refractivity contribution < 1.29 is 0 Å². The molecule has 9 heavy (non-hydrogen) atoms. The topological polar surface area (TPSA) is 12.0 Å². The standard InChI is InChI=1S/C7H13NS/c1-3-5-8-6-4-7-9-2/h3-4,7-8H,1,5-6H2,2H3/b7-4-. The molecule has 0 aromatic rings. The molecule has 0 fully saturated rings. The lowest BCUT2D eigenvalue weighted by atomic mass is 10.5. The Hall–Kier alpha value is -0.210. The van der Waals surface area contributed by atoms with Gasteiger partial charge in [-0.15, -0.1) is 18.3 Å². The molecule has 2 heteroatoms. The first-order chi connectivity index (χ1) is 4.41. The van der Waals surface area contributed by atoms with Gasteiger partial charge in [0.2, 0.25) is 0 Å². The molecule has 0 unspecified atom stereocenters. The van der Waals surface area contributed by atoms with Crippen LogP contribution < -0.4 is 5.32 Å². The second-order valence-corrected chi connectivity index (χ2v) is 2.30. The van der Waals surface area contributed by atoms with Gasteiger partial charge in [0.25, 0.3) is 0 Å². The van der Waals surface area contributed by atoms with Gasteiger partial charge in [0.15, 0.2) is 0 Å². The van der Waals surface area contributed by atoms with Crippen LogP contribution in [-0.2, 0) is 0 Å². The molecule has 0 heterocycles. The Morgan fingerprint density at radius 1 is 1.56 bits per heavy atom. The van der Waals surface area contributed by atoms with Gasteiger partial charge in [-0.1, -0.05) is 12.2 Å². The third-order valence-electron chi connectivity index (χ3n) is 0.783. The molecular formula is C7H13NS. The lowest BCUT2D eigenvalue weighted by Crippen LogP contribution is -2.12. The number of hydrogen-bond donors (Lipinski definition) is 1. The van der Waals surface area contributed by atoms with Gasteiger partial charge in [-0.05, 0) is 11.7 Å². The monoisotopic (exact) mass is 143 g/mol. The summed E-state index contributed by atoms with van der Waals surface area (Å²) in [6.07, 6.45) is 5.99. The summed E-state index contributed by atoms with van der Waals surface area (Å²) in [5.41, 5.74) is 0. The second-order valence-electron chi connectivity index (χ2n) is 1.55. The van der Waals surface area contributed by atoms with Crippen LogP contribution in [0.1, 0.15) is 0 Å². The van der Waals surface area contributed by atoms with E-state index in [9.17, 15) is 0 Å². The molecular weight excluding hydrogens is 130 g/mol. The number of nitrogens with one attached hydrogen (secondary N) is 1. The van der Waals surface area contributed by atoms with Gasteiger partial charge in [0.05, 0.1) is 0 Å². The van der Waals surface area contributed by atoms with E-state index in [0.29, 0.717) is 0 Å². The van der Waals surface area contributed by atoms with Crippen molar-refractivity contribution in [2.24, 2.45) is 0 Å². The van der Waals surface area contributed by atoms with Crippen LogP contribution in [0.5, 0.6) is 0 Å². The molecule has 52 valence electrons. The van der Waals surface area contributed by atoms with Crippen LogP contribution in [0.2, 0.25) is 0 Å². The summed E-state index contributed by atoms with van der Waals surface area (Å²) in [7, 11) is 0. The SMILES string of the molecule is C=CCNC/C=C\SC. The molecule has 1 N–H and O–H groups in total. The molecule has 0 saturated carbocycles. The van der Waals surface area contributed by atoms with Crippen molar-refractivity contribution in [3.63, 3.8) is 0 Å². The minimum absolute atomic E-state index is 0.888. The van der Waals surface area contributed by atoms with E-state index in [1.54, 1.807) is 11.8 Å². The van der Waals surface area contributed by atoms with Crippen molar-refractivity contribution in [3.8, 4) is 0 Å². The summed E-state index contributed by atoms with van der Waals surface area (Å²) in [6.45, 7) is 5.41. The molecule has 0 atom stereocenters. The predicted octanol–water partition coefficient (Wildman–Crippen LogP) is 1.64. The van der Waals surface area contributed by atoms with Gasteiger partial charge in [-0.3, -0.25) is 0 Å². The van der Waals surface area contributed by atoms with Crippen molar-refractivity contribution in [2.75, 3.05) is 19.3 Å². The van der Waals surface area contributed by atoms with E-state index in [1.807, 2.05) is 12.3 Å². The maximum absolute atomic E-state index is 3.59. The molecule has 0 aliphatic rings. The van der Waals surface area contributed by atoms with Gasteiger partial charge < -0.3 is 5.32 Å². The van der Waals surface area contributed by atoms with E-state index < -0.39 is 0 Å². The number of rotatable bonds is 5. The van der Waals surface area contributed by atoms with Gasteiger partial charge in [0.1, 0.15) is 0 Å². The molecule has 0 bridgehead atoms. The van der Waals surface area contributed by atoms with Crippen LogP contribution in [0.25, 0.3) is 0 Å². The fraction of sp³-hybridized carbons (Fsp3) is 0.429. The van der Waals surface area contributed by atoms with E-state index in [0.717, 1.165) is 13.1 Å². The zero-order valence-corrected chi connectivity index (χ0v) is 6.58. The third-order valence-corrected chi connectivity index (χ3v) is 1.25. The molecule has 0 aliphatic heterocycles. The average molecular weight is 143 g/mol. The van der Waals surface area contributed by atoms with Crippen LogP contribution in [0.15, 0.2) is 24.1 Å². The van der Waals surface area contributed by atoms with E-state index in [2.05, 4.69) is 23.4 Å². The van der Waals surface area contributed by atoms with E-state index in [4.69, 9.17) is 0 Å². The quantitative estimate of drug-likeness (QED) is 0.464. The maximum Gasteiger partial charge on any atom is 0.0145 e. The molecule has 0 rings (SSSR count). The van der Waals surface area contributed by atoms with Crippen LogP contribution in [-0.4, -0.2) is 19.3 Å². The first kappa shape index (κ1) is 8.79. The Morgan fingerprint density at radius 2 is 2.33 bits per heavy atom. The fourth-order valence-electron chi connectivity index (χ4n) is 0.413. The molecule has 0 saturated heterocycles. The Balaban J connectivity index is 2.90. The summed E-state index contributed by atoms with van der Waals surface area (Å²) in [4.78, 5) is 0. The zero-order chi connectivity index (χ0) is 6.95. The highest BCUT2D eigenvalue weighted by Crippen LogP contribution is 1.90. The number of thioether (sulfide) groups is 1. The molecule has 0 aliphatic carbocycles. The van der Waals surface area contributed by atoms with Crippen molar-refractivity contribution >= 4 is 11.8 Å². The molecule has 0 radical (unpaired) electrons. The van der Waals surface area contributed by atoms with Gasteiger partial charge in [-0.2, -0.15) is 0 Å². The molecule has 0 aromatic heterocycles. The lowest BCUT2D eigenvalue weighted by Gasteiger charge is -1.91. The number of hydrogen-bond acceptors (Lipinski definition) is 2. The highest BCUT2D eigenvalue weighted by Gasteiger charge is 1.73. The van der Waals surface area contributed by atoms with Crippen LogP contribution in [0.4, 0.5) is 0 Å². The Labute approximate surface area is 61.2 Å². The zero-order valence-electron chi connectivity index (χ0n) is 5.76. The third kappa shape index (κ3) is 7.79. The average Bonchev–Trinajstić information content (AvgIpc) is 1.89. The lowest BCUT2D eigenvalue weighted by molar-refractivity contribution is 0.845. The Kier molecular flexibility index (Phi) is 7.61. The molecule has 0 spiro atoms. The van der Waals surface area contributed by atoms with Crippen molar-refractivity contribution in [1.82, 2.24) is 5.32 Å². The minimum atomic E-state index is 0.888. The van der Waals surface area contributed by atoms with Crippen molar-refractivity contribution in [3.05, 3.63) is 24.1 Å². The Bertz CT molecular complexity index is 88.9.